The molecule has 0 bridgehead atoms. The van der Waals surface area contributed by atoms with Gasteiger partial charge in [0.15, 0.2) is 0 Å². The lowest BCUT2D eigenvalue weighted by Crippen LogP contribution is -2.47. The van der Waals surface area contributed by atoms with Crippen LogP contribution in [0.5, 0.6) is 5.75 Å². The lowest BCUT2D eigenvalue weighted by atomic mass is 9.88. The van der Waals surface area contributed by atoms with Crippen LogP contribution in [0.1, 0.15) is 25.5 Å². The summed E-state index contributed by atoms with van der Waals surface area (Å²) >= 11 is 0. The fourth-order valence-corrected chi connectivity index (χ4v) is 2.09. The summed E-state index contributed by atoms with van der Waals surface area (Å²) in [6.45, 7) is 7.11. The molecule has 1 aromatic rings. The molecule has 0 radical (unpaired) electrons. The maximum absolute atomic E-state index is 5.37. The minimum Gasteiger partial charge on any atom is -0.496 e. The van der Waals surface area contributed by atoms with E-state index in [9.17, 15) is 0 Å². The largest absolute Gasteiger partial charge is 0.496 e. The van der Waals surface area contributed by atoms with Gasteiger partial charge in [0.05, 0.1) is 20.3 Å². The second-order valence-electron chi connectivity index (χ2n) is 5.15. The molecule has 1 atom stereocenters. The highest BCUT2D eigenvalue weighted by atomic mass is 16.5. The van der Waals surface area contributed by atoms with E-state index in [1.54, 1.807) is 7.11 Å². The van der Waals surface area contributed by atoms with E-state index in [4.69, 9.17) is 9.47 Å². The Hall–Kier alpha value is -1.06. The third kappa shape index (κ3) is 2.79. The number of benzene rings is 1. The van der Waals surface area contributed by atoms with Gasteiger partial charge in [-0.05, 0) is 13.0 Å². The highest BCUT2D eigenvalue weighted by molar-refractivity contribution is 5.35. The first-order chi connectivity index (χ1) is 8.14. The molecule has 0 aromatic heterocycles. The number of rotatable bonds is 5. The van der Waals surface area contributed by atoms with E-state index < -0.39 is 0 Å². The van der Waals surface area contributed by atoms with Gasteiger partial charge in [-0.1, -0.05) is 25.1 Å². The highest BCUT2D eigenvalue weighted by Gasteiger charge is 2.33. The number of methoxy groups -OCH3 is 1. The van der Waals surface area contributed by atoms with Crippen LogP contribution in [0.15, 0.2) is 24.3 Å². The van der Waals surface area contributed by atoms with Crippen LogP contribution in [-0.2, 0) is 4.74 Å². The molecular weight excluding hydrogens is 214 g/mol. The van der Waals surface area contributed by atoms with Gasteiger partial charge in [0.1, 0.15) is 5.75 Å². The number of nitrogens with one attached hydrogen (secondary N) is 1. The Balaban J connectivity index is 1.96. The molecular formula is C14H21NO2. The summed E-state index contributed by atoms with van der Waals surface area (Å²) in [5.41, 5.74) is 1.51. The number of ether oxygens (including phenoxy) is 2. The fraction of sp³-hybridized carbons (Fsp3) is 0.571. The molecule has 2 rings (SSSR count). The molecule has 1 aliphatic rings. The molecule has 0 unspecified atom stereocenters. The molecule has 3 nitrogen and oxygen atoms in total. The first-order valence-corrected chi connectivity index (χ1v) is 6.09. The monoisotopic (exact) mass is 235 g/mol. The molecule has 1 aromatic carbocycles. The second-order valence-corrected chi connectivity index (χ2v) is 5.15. The van der Waals surface area contributed by atoms with Crippen LogP contribution in [0.25, 0.3) is 0 Å². The van der Waals surface area contributed by atoms with Gasteiger partial charge in [-0.25, -0.2) is 0 Å². The topological polar surface area (TPSA) is 30.5 Å². The maximum Gasteiger partial charge on any atom is 0.123 e. The van der Waals surface area contributed by atoms with Crippen molar-refractivity contribution >= 4 is 0 Å². The normalized spacial score (nSPS) is 19.5. The second kappa shape index (κ2) is 5.07. The first kappa shape index (κ1) is 12.4. The van der Waals surface area contributed by atoms with Crippen LogP contribution in [0.3, 0.4) is 0 Å². The SMILES string of the molecule is COc1ccccc1[C@@H](C)NCC1(C)COC1. The van der Waals surface area contributed by atoms with E-state index in [2.05, 4.69) is 25.2 Å². The Morgan fingerprint density at radius 2 is 2.12 bits per heavy atom. The Morgan fingerprint density at radius 3 is 2.71 bits per heavy atom. The van der Waals surface area contributed by atoms with Crippen LogP contribution in [-0.4, -0.2) is 26.9 Å². The zero-order valence-corrected chi connectivity index (χ0v) is 10.8. The predicted molar refractivity (Wildman–Crippen MR) is 68.3 cm³/mol. The lowest BCUT2D eigenvalue weighted by molar-refractivity contribution is -0.0999. The van der Waals surface area contributed by atoms with Gasteiger partial charge < -0.3 is 14.8 Å². The standard InChI is InChI=1S/C14H21NO2/c1-11(15-8-14(2)9-17-10-14)12-6-4-5-7-13(12)16-3/h4-7,11,15H,8-10H2,1-3H3/t11-/m1/s1. The Labute approximate surface area is 103 Å². The molecule has 17 heavy (non-hydrogen) atoms. The van der Waals surface area contributed by atoms with E-state index in [1.807, 2.05) is 18.2 Å². The van der Waals surface area contributed by atoms with E-state index in [0.717, 1.165) is 25.5 Å². The average molecular weight is 235 g/mol. The van der Waals surface area contributed by atoms with Crippen LogP contribution in [0.2, 0.25) is 0 Å². The molecule has 1 heterocycles. The molecule has 0 aliphatic carbocycles. The van der Waals surface area contributed by atoms with Crippen LogP contribution in [0.4, 0.5) is 0 Å². The first-order valence-electron chi connectivity index (χ1n) is 6.09. The molecule has 0 spiro atoms. The molecule has 1 aliphatic heterocycles. The van der Waals surface area contributed by atoms with Crippen molar-refractivity contribution < 1.29 is 9.47 Å². The minimum absolute atomic E-state index is 0.295. The number of hydrogen-bond donors (Lipinski definition) is 1. The van der Waals surface area contributed by atoms with E-state index in [0.29, 0.717) is 11.5 Å². The molecule has 1 fully saturated rings. The third-order valence-corrected chi connectivity index (χ3v) is 3.34. The van der Waals surface area contributed by atoms with Gasteiger partial charge in [0, 0.05) is 23.6 Å². The van der Waals surface area contributed by atoms with Gasteiger partial charge in [0.25, 0.3) is 0 Å². The molecule has 0 saturated carbocycles. The van der Waals surface area contributed by atoms with Crippen molar-refractivity contribution in [3.05, 3.63) is 29.8 Å². The number of para-hydroxylation sites is 1. The van der Waals surface area contributed by atoms with Crippen molar-refractivity contribution in [1.82, 2.24) is 5.32 Å². The van der Waals surface area contributed by atoms with Gasteiger partial charge >= 0.3 is 0 Å². The number of hydrogen-bond acceptors (Lipinski definition) is 3. The van der Waals surface area contributed by atoms with E-state index >= 15 is 0 Å². The fourth-order valence-electron chi connectivity index (χ4n) is 2.09. The minimum atomic E-state index is 0.295. The van der Waals surface area contributed by atoms with Crippen molar-refractivity contribution in [2.24, 2.45) is 5.41 Å². The molecule has 94 valence electrons. The Bertz CT molecular complexity index is 374. The summed E-state index contributed by atoms with van der Waals surface area (Å²) in [6.07, 6.45) is 0. The zero-order chi connectivity index (χ0) is 12.3. The summed E-state index contributed by atoms with van der Waals surface area (Å²) in [5.74, 6) is 0.947. The summed E-state index contributed by atoms with van der Waals surface area (Å²) in [6, 6.07) is 8.45. The molecule has 1 saturated heterocycles. The maximum atomic E-state index is 5.37. The zero-order valence-electron chi connectivity index (χ0n) is 10.8. The Morgan fingerprint density at radius 1 is 1.41 bits per heavy atom. The van der Waals surface area contributed by atoms with E-state index in [-0.39, 0.29) is 0 Å². The van der Waals surface area contributed by atoms with Gasteiger partial charge in [-0.3, -0.25) is 0 Å². The summed E-state index contributed by atoms with van der Waals surface area (Å²) < 4.78 is 10.6. The quantitative estimate of drug-likeness (QED) is 0.850. The summed E-state index contributed by atoms with van der Waals surface area (Å²) in [7, 11) is 1.71. The Kier molecular flexibility index (Phi) is 3.69. The summed E-state index contributed by atoms with van der Waals surface area (Å²) in [4.78, 5) is 0. The molecule has 1 N–H and O–H groups in total. The van der Waals surface area contributed by atoms with Gasteiger partial charge in [-0.15, -0.1) is 0 Å². The van der Waals surface area contributed by atoms with Crippen LogP contribution < -0.4 is 10.1 Å². The van der Waals surface area contributed by atoms with Crippen molar-refractivity contribution in [2.75, 3.05) is 26.9 Å². The van der Waals surface area contributed by atoms with Gasteiger partial charge in [-0.2, -0.15) is 0 Å². The van der Waals surface area contributed by atoms with Crippen molar-refractivity contribution in [3.63, 3.8) is 0 Å². The van der Waals surface area contributed by atoms with Crippen LogP contribution >= 0.6 is 0 Å². The van der Waals surface area contributed by atoms with Crippen molar-refractivity contribution in [2.45, 2.75) is 19.9 Å². The van der Waals surface area contributed by atoms with Crippen LogP contribution in [0, 0.1) is 5.41 Å². The predicted octanol–water partition coefficient (Wildman–Crippen LogP) is 2.38. The van der Waals surface area contributed by atoms with E-state index in [1.165, 1.54) is 5.56 Å². The van der Waals surface area contributed by atoms with Gasteiger partial charge in [0.2, 0.25) is 0 Å². The molecule has 3 heteroatoms. The van der Waals surface area contributed by atoms with Crippen molar-refractivity contribution in [1.29, 1.82) is 0 Å². The highest BCUT2D eigenvalue weighted by Crippen LogP contribution is 2.28. The van der Waals surface area contributed by atoms with Crippen molar-refractivity contribution in [3.8, 4) is 5.75 Å². The average Bonchev–Trinajstić information content (AvgIpc) is 2.33. The summed E-state index contributed by atoms with van der Waals surface area (Å²) in [5, 5.41) is 3.56. The molecule has 0 amide bonds. The lowest BCUT2D eigenvalue weighted by Gasteiger charge is -2.39. The third-order valence-electron chi connectivity index (χ3n) is 3.34. The smallest absolute Gasteiger partial charge is 0.123 e.